The number of rotatable bonds is 2. The maximum atomic E-state index is 11.7. The van der Waals surface area contributed by atoms with E-state index in [9.17, 15) is 4.79 Å². The van der Waals surface area contributed by atoms with Gasteiger partial charge in [-0.2, -0.15) is 4.98 Å². The average Bonchev–Trinajstić information content (AvgIpc) is 2.63. The largest absolute Gasteiger partial charge is 0.348 e. The molecule has 1 atom stereocenters. The lowest BCUT2D eigenvalue weighted by molar-refractivity contribution is 0.484. The molecule has 2 heterocycles. The lowest BCUT2D eigenvalue weighted by Gasteiger charge is -2.14. The van der Waals surface area contributed by atoms with Crippen molar-refractivity contribution in [3.05, 3.63) is 27.9 Å². The molecule has 2 rings (SSSR count). The van der Waals surface area contributed by atoms with Crippen molar-refractivity contribution in [3.63, 3.8) is 0 Å². The molecule has 0 aliphatic carbocycles. The first kappa shape index (κ1) is 10.4. The zero-order chi connectivity index (χ0) is 10.8. The van der Waals surface area contributed by atoms with E-state index in [0.29, 0.717) is 6.04 Å². The number of hydrogen-bond donors (Lipinski definition) is 1. The van der Waals surface area contributed by atoms with E-state index >= 15 is 0 Å². The molecule has 0 saturated carbocycles. The average molecular weight is 207 g/mol. The van der Waals surface area contributed by atoms with Gasteiger partial charge < -0.3 is 5.32 Å². The summed E-state index contributed by atoms with van der Waals surface area (Å²) in [4.78, 5) is 15.6. The van der Waals surface area contributed by atoms with E-state index in [4.69, 9.17) is 0 Å². The van der Waals surface area contributed by atoms with Crippen LogP contribution in [-0.2, 0) is 6.54 Å². The van der Waals surface area contributed by atoms with E-state index in [2.05, 4.69) is 10.3 Å². The monoisotopic (exact) mass is 207 g/mol. The summed E-state index contributed by atoms with van der Waals surface area (Å²) in [5.74, 6) is 0. The fourth-order valence-electron chi connectivity index (χ4n) is 2.13. The van der Waals surface area contributed by atoms with E-state index < -0.39 is 0 Å². The molecule has 1 fully saturated rings. The smallest absolute Gasteiger partial charge is 0.312 e. The molecule has 1 aromatic heterocycles. The van der Waals surface area contributed by atoms with Gasteiger partial charge in [0, 0.05) is 24.0 Å². The number of nitrogens with one attached hydrogen (secondary N) is 1. The van der Waals surface area contributed by atoms with Crippen LogP contribution in [0.5, 0.6) is 0 Å². The van der Waals surface area contributed by atoms with Gasteiger partial charge in [-0.1, -0.05) is 0 Å². The Bertz CT molecular complexity index is 405. The molecule has 0 radical (unpaired) electrons. The molecular formula is C11H17N3O. The summed E-state index contributed by atoms with van der Waals surface area (Å²) >= 11 is 0. The molecule has 15 heavy (non-hydrogen) atoms. The number of aryl methyl sites for hydroxylation is 2. The Morgan fingerprint density at radius 3 is 3.00 bits per heavy atom. The zero-order valence-electron chi connectivity index (χ0n) is 9.29. The normalized spacial score (nSPS) is 20.8. The highest BCUT2D eigenvalue weighted by Gasteiger charge is 2.16. The summed E-state index contributed by atoms with van der Waals surface area (Å²) < 4.78 is 1.76. The molecule has 1 saturated heterocycles. The first-order valence-electron chi connectivity index (χ1n) is 5.45. The van der Waals surface area contributed by atoms with Gasteiger partial charge in [-0.05, 0) is 39.3 Å². The van der Waals surface area contributed by atoms with Crippen LogP contribution < -0.4 is 11.0 Å². The van der Waals surface area contributed by atoms with Crippen LogP contribution in [0.1, 0.15) is 24.2 Å². The minimum atomic E-state index is -0.124. The molecule has 1 aliphatic heterocycles. The molecule has 82 valence electrons. The molecule has 0 amide bonds. The first-order chi connectivity index (χ1) is 7.16. The van der Waals surface area contributed by atoms with Gasteiger partial charge in [0.2, 0.25) is 0 Å². The van der Waals surface area contributed by atoms with Gasteiger partial charge in [0.15, 0.2) is 0 Å². The molecule has 0 spiro atoms. The van der Waals surface area contributed by atoms with Gasteiger partial charge in [0.25, 0.3) is 0 Å². The summed E-state index contributed by atoms with van der Waals surface area (Å²) in [7, 11) is 0. The molecule has 4 heteroatoms. The van der Waals surface area contributed by atoms with Crippen molar-refractivity contribution in [1.82, 2.24) is 14.9 Å². The quantitative estimate of drug-likeness (QED) is 0.773. The van der Waals surface area contributed by atoms with Crippen LogP contribution in [-0.4, -0.2) is 22.1 Å². The van der Waals surface area contributed by atoms with Crippen molar-refractivity contribution in [2.24, 2.45) is 0 Å². The molecule has 0 aromatic carbocycles. The second-order valence-corrected chi connectivity index (χ2v) is 4.23. The second kappa shape index (κ2) is 4.14. The van der Waals surface area contributed by atoms with Crippen LogP contribution in [0.3, 0.4) is 0 Å². The SMILES string of the molecule is Cc1cc(C)n(C[C@H]2CCCN2)c(=O)n1. The lowest BCUT2D eigenvalue weighted by Crippen LogP contribution is -2.34. The third-order valence-corrected chi connectivity index (χ3v) is 2.91. The predicted molar refractivity (Wildman–Crippen MR) is 59.0 cm³/mol. The topological polar surface area (TPSA) is 46.9 Å². The van der Waals surface area contributed by atoms with Crippen LogP contribution >= 0.6 is 0 Å². The third-order valence-electron chi connectivity index (χ3n) is 2.91. The van der Waals surface area contributed by atoms with Crippen molar-refractivity contribution in [1.29, 1.82) is 0 Å². The van der Waals surface area contributed by atoms with Gasteiger partial charge in [-0.3, -0.25) is 4.57 Å². The summed E-state index contributed by atoms with van der Waals surface area (Å²) in [6, 6.07) is 2.39. The minimum absolute atomic E-state index is 0.124. The summed E-state index contributed by atoms with van der Waals surface area (Å²) in [6.07, 6.45) is 2.36. The molecule has 1 aliphatic rings. The maximum absolute atomic E-state index is 11.7. The standard InChI is InChI=1S/C11H17N3O/c1-8-6-9(2)14(11(15)13-8)7-10-4-3-5-12-10/h6,10,12H,3-5,7H2,1-2H3/t10-/m1/s1. The van der Waals surface area contributed by atoms with Gasteiger partial charge in [-0.25, -0.2) is 4.79 Å². The molecule has 0 unspecified atom stereocenters. The first-order valence-corrected chi connectivity index (χ1v) is 5.45. The van der Waals surface area contributed by atoms with E-state index in [1.165, 1.54) is 6.42 Å². The summed E-state index contributed by atoms with van der Waals surface area (Å²) in [5.41, 5.74) is 1.68. The summed E-state index contributed by atoms with van der Waals surface area (Å²) in [6.45, 7) is 5.63. The fourth-order valence-corrected chi connectivity index (χ4v) is 2.13. The van der Waals surface area contributed by atoms with E-state index in [0.717, 1.165) is 30.9 Å². The van der Waals surface area contributed by atoms with Crippen molar-refractivity contribution in [3.8, 4) is 0 Å². The Labute approximate surface area is 89.3 Å². The van der Waals surface area contributed by atoms with Gasteiger partial charge >= 0.3 is 5.69 Å². The van der Waals surface area contributed by atoms with Gasteiger partial charge in [0.1, 0.15) is 0 Å². The van der Waals surface area contributed by atoms with Gasteiger partial charge in [-0.15, -0.1) is 0 Å². The molecule has 4 nitrogen and oxygen atoms in total. The van der Waals surface area contributed by atoms with Crippen LogP contribution in [0.4, 0.5) is 0 Å². The van der Waals surface area contributed by atoms with Crippen LogP contribution in [0, 0.1) is 13.8 Å². The molecule has 1 N–H and O–H groups in total. The van der Waals surface area contributed by atoms with Crippen LogP contribution in [0.15, 0.2) is 10.9 Å². The van der Waals surface area contributed by atoms with Crippen molar-refractivity contribution in [2.75, 3.05) is 6.54 Å². The Balaban J connectivity index is 2.23. The van der Waals surface area contributed by atoms with Crippen LogP contribution in [0.2, 0.25) is 0 Å². The highest BCUT2D eigenvalue weighted by molar-refractivity contribution is 5.06. The molecule has 0 bridgehead atoms. The molecule has 1 aromatic rings. The predicted octanol–water partition coefficient (Wildman–Crippen LogP) is 0.612. The summed E-state index contributed by atoms with van der Waals surface area (Å²) in [5, 5.41) is 3.39. The van der Waals surface area contributed by atoms with Crippen molar-refractivity contribution >= 4 is 0 Å². The number of aromatic nitrogens is 2. The third kappa shape index (κ3) is 2.26. The Kier molecular flexibility index (Phi) is 2.86. The highest BCUT2D eigenvalue weighted by atomic mass is 16.1. The van der Waals surface area contributed by atoms with E-state index in [1.54, 1.807) is 4.57 Å². The maximum Gasteiger partial charge on any atom is 0.348 e. The van der Waals surface area contributed by atoms with Gasteiger partial charge in [0.05, 0.1) is 0 Å². The highest BCUT2D eigenvalue weighted by Crippen LogP contribution is 2.07. The Morgan fingerprint density at radius 2 is 2.40 bits per heavy atom. The van der Waals surface area contributed by atoms with Crippen molar-refractivity contribution < 1.29 is 0 Å². The fraction of sp³-hybridized carbons (Fsp3) is 0.636. The zero-order valence-corrected chi connectivity index (χ0v) is 9.29. The molecular weight excluding hydrogens is 190 g/mol. The Morgan fingerprint density at radius 1 is 1.60 bits per heavy atom. The van der Waals surface area contributed by atoms with Crippen LogP contribution in [0.25, 0.3) is 0 Å². The Hall–Kier alpha value is -1.16. The minimum Gasteiger partial charge on any atom is -0.312 e. The van der Waals surface area contributed by atoms with E-state index in [1.807, 2.05) is 19.9 Å². The van der Waals surface area contributed by atoms with E-state index in [-0.39, 0.29) is 5.69 Å². The van der Waals surface area contributed by atoms with Crippen molar-refractivity contribution in [2.45, 2.75) is 39.3 Å². The second-order valence-electron chi connectivity index (χ2n) is 4.23. The number of nitrogens with zero attached hydrogens (tertiary/aromatic N) is 2. The number of hydrogen-bond acceptors (Lipinski definition) is 3. The lowest BCUT2D eigenvalue weighted by atomic mass is 10.2.